The maximum Gasteiger partial charge on any atom is 0.407 e. The molecule has 0 fully saturated rings. The number of hydrogen-bond acceptors (Lipinski definition) is 5. The topological polar surface area (TPSA) is 134 Å². The van der Waals surface area contributed by atoms with E-state index in [0.29, 0.717) is 11.3 Å². The van der Waals surface area contributed by atoms with Crippen molar-refractivity contribution in [3.05, 3.63) is 65.7 Å². The predicted octanol–water partition coefficient (Wildman–Crippen LogP) is 1.89. The summed E-state index contributed by atoms with van der Waals surface area (Å²) in [6, 6.07) is 14.9. The number of anilines is 1. The Morgan fingerprint density at radius 1 is 1.07 bits per heavy atom. The van der Waals surface area contributed by atoms with E-state index in [1.165, 1.54) is 6.07 Å². The van der Waals surface area contributed by atoms with Crippen LogP contribution >= 0.6 is 0 Å². The van der Waals surface area contributed by atoms with Crippen molar-refractivity contribution in [2.45, 2.75) is 25.2 Å². The third-order valence-corrected chi connectivity index (χ3v) is 3.78. The first-order chi connectivity index (χ1) is 13.0. The van der Waals surface area contributed by atoms with Crippen LogP contribution in [0.3, 0.4) is 0 Å². The lowest BCUT2D eigenvalue weighted by Crippen LogP contribution is -2.29. The van der Waals surface area contributed by atoms with Gasteiger partial charge in [-0.3, -0.25) is 0 Å². The van der Waals surface area contributed by atoms with Crippen molar-refractivity contribution >= 4 is 17.8 Å². The Morgan fingerprint density at radius 2 is 1.81 bits per heavy atom. The van der Waals surface area contributed by atoms with Gasteiger partial charge >= 0.3 is 12.1 Å². The number of nitrogens with one attached hydrogen (secondary N) is 2. The van der Waals surface area contributed by atoms with Gasteiger partial charge in [-0.1, -0.05) is 42.5 Å². The molecule has 0 radical (unpaired) electrons. The van der Waals surface area contributed by atoms with Gasteiger partial charge in [0.2, 0.25) is 0 Å². The summed E-state index contributed by atoms with van der Waals surface area (Å²) in [5.41, 5.74) is 6.75. The Labute approximate surface area is 157 Å². The summed E-state index contributed by atoms with van der Waals surface area (Å²) in [6.07, 6.45) is -2.77. The molecule has 0 aliphatic rings. The Balaban J connectivity index is 1.75. The molecule has 2 aromatic carbocycles. The molecule has 3 amide bonds. The smallest absolute Gasteiger partial charge is 0.407 e. The van der Waals surface area contributed by atoms with Crippen molar-refractivity contribution in [3.8, 4) is 0 Å². The lowest BCUT2D eigenvalue weighted by atomic mass is 10.0. The monoisotopic (exact) mass is 373 g/mol. The fourth-order valence-electron chi connectivity index (χ4n) is 2.42. The van der Waals surface area contributed by atoms with E-state index >= 15 is 0 Å². The van der Waals surface area contributed by atoms with E-state index < -0.39 is 24.3 Å². The van der Waals surface area contributed by atoms with E-state index in [4.69, 9.17) is 10.5 Å². The van der Waals surface area contributed by atoms with E-state index in [0.717, 1.165) is 5.56 Å². The van der Waals surface area contributed by atoms with Gasteiger partial charge in [-0.2, -0.15) is 0 Å². The van der Waals surface area contributed by atoms with Crippen LogP contribution in [-0.2, 0) is 11.3 Å². The molecule has 2 unspecified atom stereocenters. The first kappa shape index (κ1) is 20.2. The SMILES string of the molecule is NC(=O)Nc1cccc(C(O)C(O)CCNC(=O)OCc2ccccc2)c1. The molecule has 8 nitrogen and oxygen atoms in total. The summed E-state index contributed by atoms with van der Waals surface area (Å²) in [5.74, 6) is 0. The number of rotatable bonds is 8. The molecule has 0 saturated heterocycles. The molecule has 0 bridgehead atoms. The number of hydrogen-bond donors (Lipinski definition) is 5. The van der Waals surface area contributed by atoms with Gasteiger partial charge < -0.3 is 31.3 Å². The average molecular weight is 373 g/mol. The van der Waals surface area contributed by atoms with Gasteiger partial charge in [0.1, 0.15) is 12.7 Å². The van der Waals surface area contributed by atoms with E-state index in [2.05, 4.69) is 10.6 Å². The molecule has 2 atom stereocenters. The van der Waals surface area contributed by atoms with Crippen LogP contribution in [-0.4, -0.2) is 35.0 Å². The Kier molecular flexibility index (Phi) is 7.60. The molecule has 0 saturated carbocycles. The number of carbonyl (C=O) groups is 2. The lowest BCUT2D eigenvalue weighted by Gasteiger charge is -2.19. The standard InChI is InChI=1S/C19H23N3O5/c20-18(25)22-15-8-4-7-14(11-15)17(24)16(23)9-10-21-19(26)27-12-13-5-2-1-3-6-13/h1-8,11,16-17,23-24H,9-10,12H2,(H,21,26)(H3,20,22,25). The van der Waals surface area contributed by atoms with E-state index in [1.807, 2.05) is 30.3 Å². The van der Waals surface area contributed by atoms with Crippen molar-refractivity contribution in [3.63, 3.8) is 0 Å². The van der Waals surface area contributed by atoms with Crippen LogP contribution in [0.2, 0.25) is 0 Å². The molecule has 0 aliphatic carbocycles. The van der Waals surface area contributed by atoms with Crippen molar-refractivity contribution in [1.29, 1.82) is 0 Å². The number of ether oxygens (including phenoxy) is 1. The van der Waals surface area contributed by atoms with Crippen molar-refractivity contribution in [2.24, 2.45) is 5.73 Å². The molecule has 6 N–H and O–H groups in total. The third kappa shape index (κ3) is 6.96. The molecule has 0 spiro atoms. The summed E-state index contributed by atoms with van der Waals surface area (Å²) in [7, 11) is 0. The molecular formula is C19H23N3O5. The molecule has 144 valence electrons. The first-order valence-electron chi connectivity index (χ1n) is 8.43. The highest BCUT2D eigenvalue weighted by Gasteiger charge is 2.19. The van der Waals surface area contributed by atoms with E-state index in [-0.39, 0.29) is 19.6 Å². The van der Waals surface area contributed by atoms with Gasteiger partial charge in [0.25, 0.3) is 0 Å². The number of nitrogens with two attached hydrogens (primary N) is 1. The second kappa shape index (κ2) is 10.1. The molecule has 2 rings (SSSR count). The van der Waals surface area contributed by atoms with E-state index in [1.54, 1.807) is 18.2 Å². The zero-order valence-corrected chi connectivity index (χ0v) is 14.7. The number of primary amides is 1. The van der Waals surface area contributed by atoms with Crippen molar-refractivity contribution < 1.29 is 24.5 Å². The Morgan fingerprint density at radius 3 is 2.52 bits per heavy atom. The molecule has 0 aromatic heterocycles. The second-order valence-corrected chi connectivity index (χ2v) is 5.90. The minimum absolute atomic E-state index is 0.120. The number of carbonyl (C=O) groups excluding carboxylic acids is 2. The highest BCUT2D eigenvalue weighted by molar-refractivity contribution is 5.87. The number of aliphatic hydroxyl groups excluding tert-OH is 2. The zero-order valence-electron chi connectivity index (χ0n) is 14.7. The van der Waals surface area contributed by atoms with Gasteiger partial charge in [-0.15, -0.1) is 0 Å². The van der Waals surface area contributed by atoms with Crippen LogP contribution < -0.4 is 16.4 Å². The number of alkyl carbamates (subject to hydrolysis) is 1. The van der Waals surface area contributed by atoms with Crippen LogP contribution in [0, 0.1) is 0 Å². The number of benzene rings is 2. The summed E-state index contributed by atoms with van der Waals surface area (Å²) in [6.45, 7) is 0.280. The third-order valence-electron chi connectivity index (χ3n) is 3.78. The normalized spacial score (nSPS) is 12.7. The summed E-state index contributed by atoms with van der Waals surface area (Å²) >= 11 is 0. The molecule has 0 heterocycles. The average Bonchev–Trinajstić information content (AvgIpc) is 2.66. The van der Waals surface area contributed by atoms with Crippen LogP contribution in [0.25, 0.3) is 0 Å². The Bertz CT molecular complexity index is 754. The fourth-order valence-corrected chi connectivity index (χ4v) is 2.42. The summed E-state index contributed by atoms with van der Waals surface area (Å²) in [5, 5.41) is 25.3. The summed E-state index contributed by atoms with van der Waals surface area (Å²) in [4.78, 5) is 22.5. The number of amides is 3. The Hall–Kier alpha value is -3.10. The van der Waals surface area contributed by atoms with Crippen LogP contribution in [0.1, 0.15) is 23.7 Å². The van der Waals surface area contributed by atoms with Crippen LogP contribution in [0.5, 0.6) is 0 Å². The van der Waals surface area contributed by atoms with Crippen LogP contribution in [0.4, 0.5) is 15.3 Å². The quantitative estimate of drug-likeness (QED) is 0.482. The lowest BCUT2D eigenvalue weighted by molar-refractivity contribution is 0.0136. The largest absolute Gasteiger partial charge is 0.445 e. The highest BCUT2D eigenvalue weighted by atomic mass is 16.5. The van der Waals surface area contributed by atoms with Gasteiger partial charge in [0.05, 0.1) is 6.10 Å². The van der Waals surface area contributed by atoms with Gasteiger partial charge in [-0.25, -0.2) is 9.59 Å². The van der Waals surface area contributed by atoms with E-state index in [9.17, 15) is 19.8 Å². The first-order valence-corrected chi connectivity index (χ1v) is 8.43. The zero-order chi connectivity index (χ0) is 19.6. The minimum atomic E-state index is -1.18. The number of aliphatic hydroxyl groups is 2. The summed E-state index contributed by atoms with van der Waals surface area (Å²) < 4.78 is 5.06. The predicted molar refractivity (Wildman–Crippen MR) is 99.9 cm³/mol. The molecule has 8 heteroatoms. The second-order valence-electron chi connectivity index (χ2n) is 5.90. The van der Waals surface area contributed by atoms with Gasteiger partial charge in [0, 0.05) is 12.2 Å². The molecule has 2 aromatic rings. The molecular weight excluding hydrogens is 350 g/mol. The molecule has 0 aliphatic heterocycles. The number of urea groups is 1. The fraction of sp³-hybridized carbons (Fsp3) is 0.263. The van der Waals surface area contributed by atoms with Crippen molar-refractivity contribution in [1.82, 2.24) is 5.32 Å². The van der Waals surface area contributed by atoms with Gasteiger partial charge in [0.15, 0.2) is 0 Å². The maximum atomic E-state index is 11.7. The molecule has 27 heavy (non-hydrogen) atoms. The minimum Gasteiger partial charge on any atom is -0.445 e. The van der Waals surface area contributed by atoms with Gasteiger partial charge in [-0.05, 0) is 29.7 Å². The maximum absolute atomic E-state index is 11.7. The highest BCUT2D eigenvalue weighted by Crippen LogP contribution is 2.21. The van der Waals surface area contributed by atoms with Crippen molar-refractivity contribution in [2.75, 3.05) is 11.9 Å². The van der Waals surface area contributed by atoms with Crippen LogP contribution in [0.15, 0.2) is 54.6 Å².